The van der Waals surface area contributed by atoms with E-state index in [0.717, 1.165) is 24.2 Å². The SMILES string of the molecule is COc1cc(C(C)N)c(Cl)cc1OC1CCCC1. The predicted octanol–water partition coefficient (Wildman–Crippen LogP) is 3.69. The van der Waals surface area contributed by atoms with Gasteiger partial charge in [-0.1, -0.05) is 11.6 Å². The molecule has 0 saturated heterocycles. The van der Waals surface area contributed by atoms with Gasteiger partial charge in [0.1, 0.15) is 0 Å². The molecule has 100 valence electrons. The van der Waals surface area contributed by atoms with Gasteiger partial charge in [0.15, 0.2) is 11.5 Å². The van der Waals surface area contributed by atoms with Crippen LogP contribution in [0.1, 0.15) is 44.2 Å². The molecule has 0 radical (unpaired) electrons. The van der Waals surface area contributed by atoms with Crippen LogP contribution in [0.3, 0.4) is 0 Å². The number of hydrogen-bond acceptors (Lipinski definition) is 3. The summed E-state index contributed by atoms with van der Waals surface area (Å²) in [5.41, 5.74) is 6.75. The van der Waals surface area contributed by atoms with Crippen molar-refractivity contribution in [2.75, 3.05) is 7.11 Å². The van der Waals surface area contributed by atoms with E-state index in [0.29, 0.717) is 10.8 Å². The minimum Gasteiger partial charge on any atom is -0.493 e. The largest absolute Gasteiger partial charge is 0.493 e. The third-order valence-corrected chi connectivity index (χ3v) is 3.70. The molecule has 4 heteroatoms. The van der Waals surface area contributed by atoms with E-state index in [1.165, 1.54) is 12.8 Å². The highest BCUT2D eigenvalue weighted by molar-refractivity contribution is 6.31. The number of rotatable bonds is 4. The number of ether oxygens (including phenoxy) is 2. The van der Waals surface area contributed by atoms with Crippen molar-refractivity contribution in [3.63, 3.8) is 0 Å². The van der Waals surface area contributed by atoms with Gasteiger partial charge < -0.3 is 15.2 Å². The highest BCUT2D eigenvalue weighted by atomic mass is 35.5. The highest BCUT2D eigenvalue weighted by Gasteiger charge is 2.20. The fraction of sp³-hybridized carbons (Fsp3) is 0.571. The van der Waals surface area contributed by atoms with Gasteiger partial charge in [-0.3, -0.25) is 0 Å². The summed E-state index contributed by atoms with van der Waals surface area (Å²) in [4.78, 5) is 0. The number of methoxy groups -OCH3 is 1. The summed E-state index contributed by atoms with van der Waals surface area (Å²) < 4.78 is 11.3. The second kappa shape index (κ2) is 5.81. The van der Waals surface area contributed by atoms with E-state index < -0.39 is 0 Å². The van der Waals surface area contributed by atoms with E-state index in [1.807, 2.05) is 19.1 Å². The molecule has 2 N–H and O–H groups in total. The van der Waals surface area contributed by atoms with Crippen LogP contribution in [0.15, 0.2) is 12.1 Å². The molecule has 1 aromatic rings. The molecule has 0 amide bonds. The second-order valence-corrected chi connectivity index (χ2v) is 5.24. The number of benzene rings is 1. The molecule has 0 heterocycles. The number of nitrogens with two attached hydrogens (primary N) is 1. The maximum Gasteiger partial charge on any atom is 0.163 e. The molecule has 0 spiro atoms. The van der Waals surface area contributed by atoms with Gasteiger partial charge in [-0.25, -0.2) is 0 Å². The summed E-state index contributed by atoms with van der Waals surface area (Å²) in [6.07, 6.45) is 4.97. The molecule has 1 aromatic carbocycles. The van der Waals surface area contributed by atoms with Gasteiger partial charge in [-0.15, -0.1) is 0 Å². The van der Waals surface area contributed by atoms with Crippen LogP contribution in [0.4, 0.5) is 0 Å². The lowest BCUT2D eigenvalue weighted by molar-refractivity contribution is 0.200. The van der Waals surface area contributed by atoms with E-state index >= 15 is 0 Å². The maximum atomic E-state index is 6.22. The highest BCUT2D eigenvalue weighted by Crippen LogP contribution is 2.37. The Morgan fingerprint density at radius 1 is 1.28 bits per heavy atom. The first-order valence-corrected chi connectivity index (χ1v) is 6.79. The lowest BCUT2D eigenvalue weighted by Gasteiger charge is -2.18. The van der Waals surface area contributed by atoms with Crippen LogP contribution < -0.4 is 15.2 Å². The summed E-state index contributed by atoms with van der Waals surface area (Å²) >= 11 is 6.22. The van der Waals surface area contributed by atoms with E-state index in [-0.39, 0.29) is 12.1 Å². The first-order valence-electron chi connectivity index (χ1n) is 6.41. The Hall–Kier alpha value is -0.930. The monoisotopic (exact) mass is 269 g/mol. The molecular weight excluding hydrogens is 250 g/mol. The van der Waals surface area contributed by atoms with Crippen molar-refractivity contribution in [3.05, 3.63) is 22.7 Å². The Kier molecular flexibility index (Phi) is 4.36. The quantitative estimate of drug-likeness (QED) is 0.907. The van der Waals surface area contributed by atoms with Crippen LogP contribution in [0, 0.1) is 0 Å². The minimum atomic E-state index is -0.119. The molecule has 1 fully saturated rings. The third kappa shape index (κ3) is 2.90. The summed E-state index contributed by atoms with van der Waals surface area (Å²) in [6, 6.07) is 3.57. The average molecular weight is 270 g/mol. The molecule has 1 unspecified atom stereocenters. The second-order valence-electron chi connectivity index (χ2n) is 4.84. The van der Waals surface area contributed by atoms with E-state index in [1.54, 1.807) is 7.11 Å². The van der Waals surface area contributed by atoms with Crippen molar-refractivity contribution in [2.24, 2.45) is 5.73 Å². The molecule has 18 heavy (non-hydrogen) atoms. The Bertz CT molecular complexity index is 415. The Morgan fingerprint density at radius 3 is 2.50 bits per heavy atom. The van der Waals surface area contributed by atoms with Gasteiger partial charge in [0.25, 0.3) is 0 Å². The fourth-order valence-electron chi connectivity index (χ4n) is 2.34. The normalized spacial score (nSPS) is 17.8. The summed E-state index contributed by atoms with van der Waals surface area (Å²) in [5.74, 6) is 1.43. The fourth-order valence-corrected chi connectivity index (χ4v) is 2.66. The first-order chi connectivity index (χ1) is 8.61. The van der Waals surface area contributed by atoms with Crippen LogP contribution in [-0.2, 0) is 0 Å². The minimum absolute atomic E-state index is 0.119. The molecule has 2 rings (SSSR count). The van der Waals surface area contributed by atoms with Gasteiger partial charge in [-0.05, 0) is 44.2 Å². The van der Waals surface area contributed by atoms with Gasteiger partial charge in [0.05, 0.1) is 13.2 Å². The predicted molar refractivity (Wildman–Crippen MR) is 73.5 cm³/mol. The molecule has 0 aromatic heterocycles. The third-order valence-electron chi connectivity index (χ3n) is 3.37. The summed E-state index contributed by atoms with van der Waals surface area (Å²) in [7, 11) is 1.63. The van der Waals surface area contributed by atoms with Gasteiger partial charge >= 0.3 is 0 Å². The van der Waals surface area contributed by atoms with E-state index in [2.05, 4.69) is 0 Å². The standard InChI is InChI=1S/C14H20ClNO2/c1-9(16)11-7-13(17-2)14(8-12(11)15)18-10-5-3-4-6-10/h7-10H,3-6,16H2,1-2H3. The Balaban J connectivity index is 2.25. The zero-order valence-electron chi connectivity index (χ0n) is 10.9. The topological polar surface area (TPSA) is 44.5 Å². The molecule has 0 aliphatic heterocycles. The maximum absolute atomic E-state index is 6.22. The van der Waals surface area contributed by atoms with Crippen molar-refractivity contribution >= 4 is 11.6 Å². The Morgan fingerprint density at radius 2 is 1.94 bits per heavy atom. The number of halogens is 1. The van der Waals surface area contributed by atoms with Gasteiger partial charge in [0, 0.05) is 17.1 Å². The molecule has 1 aliphatic rings. The van der Waals surface area contributed by atoms with Gasteiger partial charge in [-0.2, -0.15) is 0 Å². The first kappa shape index (κ1) is 13.5. The van der Waals surface area contributed by atoms with Crippen molar-refractivity contribution < 1.29 is 9.47 Å². The van der Waals surface area contributed by atoms with Crippen LogP contribution in [0.25, 0.3) is 0 Å². The molecule has 3 nitrogen and oxygen atoms in total. The van der Waals surface area contributed by atoms with Crippen LogP contribution in [0.2, 0.25) is 5.02 Å². The average Bonchev–Trinajstić information content (AvgIpc) is 2.81. The Labute approximate surface area is 113 Å². The zero-order valence-corrected chi connectivity index (χ0v) is 11.7. The van der Waals surface area contributed by atoms with Crippen molar-refractivity contribution in [1.29, 1.82) is 0 Å². The van der Waals surface area contributed by atoms with E-state index in [9.17, 15) is 0 Å². The van der Waals surface area contributed by atoms with Crippen LogP contribution in [0.5, 0.6) is 11.5 Å². The smallest absolute Gasteiger partial charge is 0.163 e. The lowest BCUT2D eigenvalue weighted by atomic mass is 10.1. The van der Waals surface area contributed by atoms with E-state index in [4.69, 9.17) is 26.8 Å². The lowest BCUT2D eigenvalue weighted by Crippen LogP contribution is -2.12. The zero-order chi connectivity index (χ0) is 13.1. The molecule has 1 saturated carbocycles. The van der Waals surface area contributed by atoms with Crippen molar-refractivity contribution in [1.82, 2.24) is 0 Å². The van der Waals surface area contributed by atoms with Gasteiger partial charge in [0.2, 0.25) is 0 Å². The van der Waals surface area contributed by atoms with Crippen LogP contribution >= 0.6 is 11.6 Å². The number of hydrogen-bond donors (Lipinski definition) is 1. The molecule has 0 bridgehead atoms. The molecular formula is C14H20ClNO2. The molecule has 1 atom stereocenters. The summed E-state index contributed by atoms with van der Waals surface area (Å²) in [5, 5.41) is 0.638. The van der Waals surface area contributed by atoms with Crippen LogP contribution in [-0.4, -0.2) is 13.2 Å². The summed E-state index contributed by atoms with van der Waals surface area (Å²) in [6.45, 7) is 1.90. The van der Waals surface area contributed by atoms with Crippen molar-refractivity contribution in [3.8, 4) is 11.5 Å². The van der Waals surface area contributed by atoms with Crippen molar-refractivity contribution in [2.45, 2.75) is 44.8 Å². The molecule has 1 aliphatic carbocycles.